The van der Waals surface area contributed by atoms with Crippen molar-refractivity contribution in [1.29, 1.82) is 0 Å². The molecule has 68 valence electrons. The van der Waals surface area contributed by atoms with Crippen LogP contribution >= 0.6 is 0 Å². The third kappa shape index (κ3) is 3.37. The van der Waals surface area contributed by atoms with Crippen LogP contribution in [0.2, 0.25) is 0 Å². The molecule has 0 rings (SSSR count). The van der Waals surface area contributed by atoms with Gasteiger partial charge in [0.25, 0.3) is 0 Å². The summed E-state index contributed by atoms with van der Waals surface area (Å²) in [5, 5.41) is 6.22. The van der Waals surface area contributed by atoms with Crippen LogP contribution in [-0.4, -0.2) is 24.3 Å². The standard InChI is InChI=1S/C10H18N2/c1-7-12(6)11-10(8(2)3)9(4)5/h2,4,7H2,1,3,5-6H3. The van der Waals surface area contributed by atoms with Crippen molar-refractivity contribution in [3.8, 4) is 0 Å². The Morgan fingerprint density at radius 2 is 1.67 bits per heavy atom. The molecule has 0 spiro atoms. The van der Waals surface area contributed by atoms with Crippen molar-refractivity contribution >= 4 is 5.71 Å². The van der Waals surface area contributed by atoms with Gasteiger partial charge in [0.05, 0.1) is 5.71 Å². The lowest BCUT2D eigenvalue weighted by molar-refractivity contribution is 0.375. The predicted molar refractivity (Wildman–Crippen MR) is 55.4 cm³/mol. The van der Waals surface area contributed by atoms with Crippen LogP contribution in [0.15, 0.2) is 29.4 Å². The Kier molecular flexibility index (Phi) is 4.34. The van der Waals surface area contributed by atoms with Crippen LogP contribution in [0.4, 0.5) is 0 Å². The van der Waals surface area contributed by atoms with E-state index in [1.807, 2.05) is 25.9 Å². The highest BCUT2D eigenvalue weighted by Gasteiger charge is 2.01. The van der Waals surface area contributed by atoms with Gasteiger partial charge in [0.15, 0.2) is 0 Å². The quantitative estimate of drug-likeness (QED) is 0.462. The van der Waals surface area contributed by atoms with Gasteiger partial charge in [-0.2, -0.15) is 5.10 Å². The van der Waals surface area contributed by atoms with Gasteiger partial charge in [-0.25, -0.2) is 0 Å². The van der Waals surface area contributed by atoms with Gasteiger partial charge in [0.1, 0.15) is 0 Å². The summed E-state index contributed by atoms with van der Waals surface area (Å²) in [6.45, 7) is 14.5. The lowest BCUT2D eigenvalue weighted by Crippen LogP contribution is -2.14. The average Bonchev–Trinajstić information content (AvgIpc) is 1.98. The van der Waals surface area contributed by atoms with Crippen LogP contribution in [0.25, 0.3) is 0 Å². The molecule has 0 saturated heterocycles. The molecule has 0 aromatic rings. The smallest absolute Gasteiger partial charge is 0.0877 e. The van der Waals surface area contributed by atoms with E-state index < -0.39 is 0 Å². The van der Waals surface area contributed by atoms with Gasteiger partial charge in [-0.15, -0.1) is 0 Å². The van der Waals surface area contributed by atoms with E-state index in [-0.39, 0.29) is 0 Å². The van der Waals surface area contributed by atoms with E-state index in [4.69, 9.17) is 0 Å². The van der Waals surface area contributed by atoms with Gasteiger partial charge in [0.2, 0.25) is 0 Å². The molecule has 0 saturated carbocycles. The maximum absolute atomic E-state index is 4.34. The summed E-state index contributed by atoms with van der Waals surface area (Å²) in [6, 6.07) is 0. The molecule has 0 aromatic carbocycles. The summed E-state index contributed by atoms with van der Waals surface area (Å²) >= 11 is 0. The highest BCUT2D eigenvalue weighted by molar-refractivity contribution is 6.10. The molecule has 0 unspecified atom stereocenters. The summed E-state index contributed by atoms with van der Waals surface area (Å²) in [5.41, 5.74) is 2.82. The molecule has 0 heterocycles. The first kappa shape index (κ1) is 11.0. The summed E-state index contributed by atoms with van der Waals surface area (Å²) in [4.78, 5) is 0. The van der Waals surface area contributed by atoms with Crippen LogP contribution in [0.1, 0.15) is 20.8 Å². The van der Waals surface area contributed by atoms with E-state index in [0.717, 1.165) is 23.4 Å². The number of hydrazone groups is 1. The van der Waals surface area contributed by atoms with Gasteiger partial charge in [0, 0.05) is 13.6 Å². The summed E-state index contributed by atoms with van der Waals surface area (Å²) in [6.07, 6.45) is 0. The molecule has 0 aliphatic rings. The number of hydrogen-bond acceptors (Lipinski definition) is 2. The van der Waals surface area contributed by atoms with Crippen molar-refractivity contribution in [2.75, 3.05) is 13.6 Å². The normalized spacial score (nSPS) is 9.00. The van der Waals surface area contributed by atoms with Crippen molar-refractivity contribution in [3.05, 3.63) is 24.3 Å². The van der Waals surface area contributed by atoms with E-state index >= 15 is 0 Å². The minimum absolute atomic E-state index is 0.893. The summed E-state index contributed by atoms with van der Waals surface area (Å²) < 4.78 is 0. The molecule has 0 aliphatic carbocycles. The Balaban J connectivity index is 4.61. The second kappa shape index (κ2) is 4.75. The van der Waals surface area contributed by atoms with E-state index in [2.05, 4.69) is 25.2 Å². The van der Waals surface area contributed by atoms with Gasteiger partial charge in [-0.3, -0.25) is 5.01 Å². The molecule has 12 heavy (non-hydrogen) atoms. The molecule has 2 nitrogen and oxygen atoms in total. The molecule has 0 amide bonds. The number of allylic oxidation sites excluding steroid dienone is 2. The predicted octanol–water partition coefficient (Wildman–Crippen LogP) is 2.45. The topological polar surface area (TPSA) is 15.6 Å². The van der Waals surface area contributed by atoms with Crippen LogP contribution in [0, 0.1) is 0 Å². The minimum Gasteiger partial charge on any atom is -0.300 e. The fourth-order valence-corrected chi connectivity index (χ4v) is 0.776. The summed E-state index contributed by atoms with van der Waals surface area (Å²) in [5.74, 6) is 0. The van der Waals surface area contributed by atoms with Crippen LogP contribution in [0.3, 0.4) is 0 Å². The number of hydrogen-bond donors (Lipinski definition) is 0. The first-order valence-corrected chi connectivity index (χ1v) is 4.10. The molecule has 0 atom stereocenters. The Bertz CT molecular complexity index is 198. The van der Waals surface area contributed by atoms with Gasteiger partial charge >= 0.3 is 0 Å². The minimum atomic E-state index is 0.893. The van der Waals surface area contributed by atoms with Crippen molar-refractivity contribution < 1.29 is 0 Å². The Morgan fingerprint density at radius 3 is 1.92 bits per heavy atom. The van der Waals surface area contributed by atoms with Gasteiger partial charge in [-0.1, -0.05) is 13.2 Å². The maximum atomic E-state index is 4.34. The first-order valence-electron chi connectivity index (χ1n) is 4.10. The molecule has 0 bridgehead atoms. The van der Waals surface area contributed by atoms with Crippen LogP contribution in [-0.2, 0) is 0 Å². The zero-order valence-electron chi connectivity index (χ0n) is 8.52. The highest BCUT2D eigenvalue weighted by atomic mass is 15.4. The number of nitrogens with zero attached hydrogens (tertiary/aromatic N) is 2. The molecule has 2 heteroatoms. The molecule has 0 radical (unpaired) electrons. The Labute approximate surface area is 75.3 Å². The van der Waals surface area contributed by atoms with Crippen molar-refractivity contribution in [3.63, 3.8) is 0 Å². The lowest BCUT2D eigenvalue weighted by atomic mass is 10.1. The largest absolute Gasteiger partial charge is 0.300 e. The van der Waals surface area contributed by atoms with Crippen molar-refractivity contribution in [1.82, 2.24) is 5.01 Å². The third-order valence-corrected chi connectivity index (χ3v) is 1.54. The fourth-order valence-electron chi connectivity index (χ4n) is 0.776. The Morgan fingerprint density at radius 1 is 1.25 bits per heavy atom. The first-order chi connectivity index (χ1) is 5.49. The lowest BCUT2D eigenvalue weighted by Gasteiger charge is -2.13. The zero-order valence-corrected chi connectivity index (χ0v) is 8.52. The zero-order chi connectivity index (χ0) is 9.72. The second-order valence-corrected chi connectivity index (χ2v) is 2.98. The monoisotopic (exact) mass is 166 g/mol. The van der Waals surface area contributed by atoms with Gasteiger partial charge in [-0.05, 0) is 31.9 Å². The second-order valence-electron chi connectivity index (χ2n) is 2.98. The van der Waals surface area contributed by atoms with E-state index in [0.29, 0.717) is 0 Å². The molecule has 0 aliphatic heterocycles. The Hall–Kier alpha value is -1.05. The molecule has 0 aromatic heterocycles. The molecule has 0 N–H and O–H groups in total. The number of rotatable bonds is 4. The summed E-state index contributed by atoms with van der Waals surface area (Å²) in [7, 11) is 1.94. The molecular formula is C10H18N2. The SMILES string of the molecule is C=C(C)C(=NN(C)CC)C(=C)C. The third-order valence-electron chi connectivity index (χ3n) is 1.54. The highest BCUT2D eigenvalue weighted by Crippen LogP contribution is 2.04. The van der Waals surface area contributed by atoms with E-state index in [9.17, 15) is 0 Å². The van der Waals surface area contributed by atoms with E-state index in [1.165, 1.54) is 0 Å². The fraction of sp³-hybridized carbons (Fsp3) is 0.500. The molecule has 0 fully saturated rings. The van der Waals surface area contributed by atoms with Crippen molar-refractivity contribution in [2.45, 2.75) is 20.8 Å². The molecular weight excluding hydrogens is 148 g/mol. The van der Waals surface area contributed by atoms with Crippen LogP contribution in [0.5, 0.6) is 0 Å². The average molecular weight is 166 g/mol. The van der Waals surface area contributed by atoms with Crippen molar-refractivity contribution in [2.24, 2.45) is 5.10 Å². The maximum Gasteiger partial charge on any atom is 0.0877 e. The van der Waals surface area contributed by atoms with Gasteiger partial charge < -0.3 is 0 Å². The van der Waals surface area contributed by atoms with Crippen LogP contribution < -0.4 is 0 Å². The van der Waals surface area contributed by atoms with E-state index in [1.54, 1.807) is 0 Å².